The topological polar surface area (TPSA) is 81.4 Å². The van der Waals surface area contributed by atoms with Gasteiger partial charge in [0.2, 0.25) is 5.89 Å². The largest absolute Gasteiger partial charge is 0.407 e. The highest BCUT2D eigenvalue weighted by atomic mass is 16.5. The van der Waals surface area contributed by atoms with Crippen molar-refractivity contribution in [3.8, 4) is 0 Å². The molecule has 0 amide bonds. The number of hydrogen-bond donors (Lipinski definition) is 2. The Kier molecular flexibility index (Phi) is 5.56. The average molecular weight is 270 g/mol. The first-order valence-corrected chi connectivity index (χ1v) is 6.72. The maximum Gasteiger partial charge on any atom is 0.315 e. The van der Waals surface area contributed by atoms with Crippen molar-refractivity contribution in [1.82, 2.24) is 15.5 Å². The van der Waals surface area contributed by atoms with Crippen LogP contribution < -0.4 is 10.6 Å². The predicted octanol–water partition coefficient (Wildman–Crippen LogP) is 0.785. The molecule has 0 aromatic carbocycles. The number of rotatable bonds is 9. The van der Waals surface area contributed by atoms with Gasteiger partial charge in [0.05, 0.1) is 19.3 Å². The van der Waals surface area contributed by atoms with Gasteiger partial charge in [0, 0.05) is 26.3 Å². The maximum absolute atomic E-state index is 5.50. The molecular weight excluding hydrogens is 248 g/mol. The third-order valence-electron chi connectivity index (χ3n) is 3.05. The van der Waals surface area contributed by atoms with Gasteiger partial charge in [-0.2, -0.15) is 0 Å². The number of nitrogens with zero attached hydrogens (tertiary/aromatic N) is 2. The first-order valence-electron chi connectivity index (χ1n) is 6.72. The van der Waals surface area contributed by atoms with Crippen molar-refractivity contribution in [1.29, 1.82) is 0 Å². The zero-order valence-corrected chi connectivity index (χ0v) is 11.5. The van der Waals surface area contributed by atoms with Crippen molar-refractivity contribution < 1.29 is 13.9 Å². The van der Waals surface area contributed by atoms with E-state index in [0.717, 1.165) is 26.0 Å². The Hall–Kier alpha value is -1.18. The Balaban J connectivity index is 1.64. The number of nitrogens with one attached hydrogen (secondary N) is 2. The molecule has 1 aliphatic carbocycles. The van der Waals surface area contributed by atoms with Crippen molar-refractivity contribution >= 4 is 6.01 Å². The number of methoxy groups -OCH3 is 1. The SMILES string of the molecule is CCOC1CC(Nc2nnc(CNCCOC)o2)C1. The van der Waals surface area contributed by atoms with E-state index in [4.69, 9.17) is 13.9 Å². The molecule has 7 heteroatoms. The lowest BCUT2D eigenvalue weighted by atomic mass is 9.89. The number of ether oxygens (including phenoxy) is 2. The molecule has 1 saturated carbocycles. The minimum Gasteiger partial charge on any atom is -0.407 e. The second-order valence-electron chi connectivity index (χ2n) is 4.56. The van der Waals surface area contributed by atoms with Crippen LogP contribution in [0, 0.1) is 0 Å². The van der Waals surface area contributed by atoms with E-state index in [2.05, 4.69) is 20.8 Å². The normalized spacial score (nSPS) is 22.2. The zero-order valence-electron chi connectivity index (χ0n) is 11.5. The van der Waals surface area contributed by atoms with Gasteiger partial charge in [0.15, 0.2) is 0 Å². The van der Waals surface area contributed by atoms with Crippen molar-refractivity contribution in [3.05, 3.63) is 5.89 Å². The molecule has 0 saturated heterocycles. The Morgan fingerprint density at radius 3 is 2.95 bits per heavy atom. The monoisotopic (exact) mass is 270 g/mol. The molecule has 0 spiro atoms. The Morgan fingerprint density at radius 2 is 2.21 bits per heavy atom. The molecule has 0 radical (unpaired) electrons. The summed E-state index contributed by atoms with van der Waals surface area (Å²) in [5.41, 5.74) is 0. The summed E-state index contributed by atoms with van der Waals surface area (Å²) in [7, 11) is 1.67. The van der Waals surface area contributed by atoms with E-state index in [-0.39, 0.29) is 0 Å². The Bertz CT molecular complexity index is 366. The molecule has 7 nitrogen and oxygen atoms in total. The van der Waals surface area contributed by atoms with Gasteiger partial charge in [0.25, 0.3) is 0 Å². The number of aromatic nitrogens is 2. The maximum atomic E-state index is 5.50. The van der Waals surface area contributed by atoms with E-state index in [9.17, 15) is 0 Å². The van der Waals surface area contributed by atoms with Crippen molar-refractivity contribution in [2.24, 2.45) is 0 Å². The van der Waals surface area contributed by atoms with E-state index >= 15 is 0 Å². The lowest BCUT2D eigenvalue weighted by Crippen LogP contribution is -2.40. The summed E-state index contributed by atoms with van der Waals surface area (Å²) >= 11 is 0. The minimum atomic E-state index is 0.376. The van der Waals surface area contributed by atoms with Crippen LogP contribution in [0.1, 0.15) is 25.7 Å². The van der Waals surface area contributed by atoms with Crippen LogP contribution in [0.25, 0.3) is 0 Å². The molecule has 0 aliphatic heterocycles. The summed E-state index contributed by atoms with van der Waals surface area (Å²) < 4.78 is 15.9. The van der Waals surface area contributed by atoms with Gasteiger partial charge in [-0.25, -0.2) is 0 Å². The summed E-state index contributed by atoms with van der Waals surface area (Å²) in [5.74, 6) is 0.583. The summed E-state index contributed by atoms with van der Waals surface area (Å²) in [5, 5.41) is 14.3. The van der Waals surface area contributed by atoms with Gasteiger partial charge in [0.1, 0.15) is 0 Å². The van der Waals surface area contributed by atoms with E-state index < -0.39 is 0 Å². The Labute approximate surface area is 113 Å². The molecule has 19 heavy (non-hydrogen) atoms. The fourth-order valence-corrected chi connectivity index (χ4v) is 1.98. The van der Waals surface area contributed by atoms with Crippen LogP contribution in [0.5, 0.6) is 0 Å². The van der Waals surface area contributed by atoms with Gasteiger partial charge in [-0.3, -0.25) is 0 Å². The quantitative estimate of drug-likeness (QED) is 0.642. The molecule has 0 unspecified atom stereocenters. The van der Waals surface area contributed by atoms with E-state index in [1.54, 1.807) is 7.11 Å². The van der Waals surface area contributed by atoms with Gasteiger partial charge < -0.3 is 24.5 Å². The van der Waals surface area contributed by atoms with Crippen LogP contribution in [0.15, 0.2) is 4.42 Å². The third-order valence-corrected chi connectivity index (χ3v) is 3.05. The van der Waals surface area contributed by atoms with Gasteiger partial charge in [-0.15, -0.1) is 5.10 Å². The molecule has 1 aromatic heterocycles. The molecule has 1 fully saturated rings. The first kappa shape index (κ1) is 14.2. The van der Waals surface area contributed by atoms with Crippen LogP contribution in [-0.2, 0) is 16.0 Å². The van der Waals surface area contributed by atoms with Crippen LogP contribution in [0.2, 0.25) is 0 Å². The second kappa shape index (κ2) is 7.42. The first-order chi connectivity index (χ1) is 9.31. The lowest BCUT2D eigenvalue weighted by molar-refractivity contribution is 0.00255. The highest BCUT2D eigenvalue weighted by Crippen LogP contribution is 2.26. The van der Waals surface area contributed by atoms with Gasteiger partial charge in [-0.1, -0.05) is 5.10 Å². The van der Waals surface area contributed by atoms with Crippen LogP contribution in [-0.4, -0.2) is 49.2 Å². The van der Waals surface area contributed by atoms with E-state index in [0.29, 0.717) is 37.2 Å². The van der Waals surface area contributed by atoms with Crippen molar-refractivity contribution in [3.63, 3.8) is 0 Å². The molecule has 0 atom stereocenters. The molecule has 108 valence electrons. The fourth-order valence-electron chi connectivity index (χ4n) is 1.98. The van der Waals surface area contributed by atoms with Gasteiger partial charge >= 0.3 is 6.01 Å². The molecule has 1 heterocycles. The summed E-state index contributed by atoms with van der Waals surface area (Å²) in [6, 6.07) is 0.870. The molecule has 2 rings (SSSR count). The number of hydrogen-bond acceptors (Lipinski definition) is 7. The minimum absolute atomic E-state index is 0.376. The zero-order chi connectivity index (χ0) is 13.5. The van der Waals surface area contributed by atoms with Crippen molar-refractivity contribution in [2.75, 3.05) is 32.2 Å². The molecule has 1 aliphatic rings. The number of anilines is 1. The van der Waals surface area contributed by atoms with Crippen molar-refractivity contribution in [2.45, 2.75) is 38.5 Å². The average Bonchev–Trinajstić information content (AvgIpc) is 2.80. The fraction of sp³-hybridized carbons (Fsp3) is 0.833. The standard InChI is InChI=1S/C12H22N4O3/c1-3-18-10-6-9(7-10)14-12-16-15-11(19-12)8-13-4-5-17-2/h9-10,13H,3-8H2,1-2H3,(H,14,16). The van der Waals surface area contributed by atoms with Crippen LogP contribution in [0.3, 0.4) is 0 Å². The molecule has 2 N–H and O–H groups in total. The smallest absolute Gasteiger partial charge is 0.315 e. The Morgan fingerprint density at radius 1 is 1.37 bits per heavy atom. The summed E-state index contributed by atoms with van der Waals surface area (Å²) in [6.45, 7) is 4.78. The molecule has 0 bridgehead atoms. The van der Waals surface area contributed by atoms with E-state index in [1.165, 1.54) is 0 Å². The molecule has 1 aromatic rings. The summed E-state index contributed by atoms with van der Waals surface area (Å²) in [4.78, 5) is 0. The van der Waals surface area contributed by atoms with Crippen LogP contribution >= 0.6 is 0 Å². The molecular formula is C12H22N4O3. The highest BCUT2D eigenvalue weighted by Gasteiger charge is 2.30. The predicted molar refractivity (Wildman–Crippen MR) is 69.9 cm³/mol. The third kappa shape index (κ3) is 4.45. The lowest BCUT2D eigenvalue weighted by Gasteiger charge is -2.34. The second-order valence-corrected chi connectivity index (χ2v) is 4.56. The summed E-state index contributed by atoms with van der Waals surface area (Å²) in [6.07, 6.45) is 2.37. The van der Waals surface area contributed by atoms with E-state index in [1.807, 2.05) is 6.92 Å². The highest BCUT2D eigenvalue weighted by molar-refractivity contribution is 5.21. The van der Waals surface area contributed by atoms with Gasteiger partial charge in [-0.05, 0) is 19.8 Å². The van der Waals surface area contributed by atoms with Crippen LogP contribution in [0.4, 0.5) is 6.01 Å².